The molecular weight excluding hydrogens is 216 g/mol. The fourth-order valence-electron chi connectivity index (χ4n) is 4.38. The fraction of sp³-hybridized carbons (Fsp3) is 0.889. The molecule has 0 aromatic rings. The van der Waals surface area contributed by atoms with Crippen LogP contribution in [0.5, 0.6) is 0 Å². The third kappa shape index (κ3) is 3.62. The normalized spacial score (nSPS) is 23.0. The van der Waals surface area contributed by atoms with Gasteiger partial charge in [0.25, 0.3) is 0 Å². The highest BCUT2D eigenvalue weighted by atomic mass is 14.3. The minimum atomic E-state index is 0.966. The van der Waals surface area contributed by atoms with Gasteiger partial charge in [-0.3, -0.25) is 0 Å². The second kappa shape index (κ2) is 7.36. The van der Waals surface area contributed by atoms with Gasteiger partial charge in [-0.05, 0) is 50.9 Å². The molecule has 0 nitrogen and oxygen atoms in total. The molecule has 2 fully saturated rings. The molecule has 2 aliphatic carbocycles. The summed E-state index contributed by atoms with van der Waals surface area (Å²) in [5.41, 5.74) is 3.72. The summed E-state index contributed by atoms with van der Waals surface area (Å²) in [5, 5.41) is 0. The molecule has 0 N–H and O–H groups in total. The van der Waals surface area contributed by atoms with Crippen molar-refractivity contribution in [2.45, 2.75) is 90.9 Å². The lowest BCUT2D eigenvalue weighted by atomic mass is 9.71. The largest absolute Gasteiger partial charge is 0.0736 e. The molecule has 0 unspecified atom stereocenters. The van der Waals surface area contributed by atoms with Crippen LogP contribution in [0.1, 0.15) is 90.9 Å². The average molecular weight is 248 g/mol. The zero-order chi connectivity index (χ0) is 12.8. The first-order valence-corrected chi connectivity index (χ1v) is 8.52. The molecule has 2 rings (SSSR count). The van der Waals surface area contributed by atoms with Crippen molar-refractivity contribution in [1.82, 2.24) is 0 Å². The van der Waals surface area contributed by atoms with Crippen LogP contribution < -0.4 is 0 Å². The maximum Gasteiger partial charge on any atom is -0.0198 e. The summed E-state index contributed by atoms with van der Waals surface area (Å²) in [6.45, 7) is 4.78. The van der Waals surface area contributed by atoms with Gasteiger partial charge in [0, 0.05) is 0 Å². The minimum absolute atomic E-state index is 0.966. The third-order valence-electron chi connectivity index (χ3n) is 5.21. The first kappa shape index (κ1) is 14.2. The van der Waals surface area contributed by atoms with Crippen molar-refractivity contribution < 1.29 is 0 Å². The van der Waals surface area contributed by atoms with E-state index in [4.69, 9.17) is 0 Å². The standard InChI is InChI=1S/C18H32/c1-3-10-15(2)18(16-11-6-4-7-12-16)17-13-8-5-9-14-17/h16-17H,3-14H2,1-2H3. The lowest BCUT2D eigenvalue weighted by Crippen LogP contribution is -2.20. The molecule has 0 aromatic carbocycles. The van der Waals surface area contributed by atoms with Gasteiger partial charge in [-0.2, -0.15) is 0 Å². The van der Waals surface area contributed by atoms with Crippen LogP contribution in [0.15, 0.2) is 11.1 Å². The summed E-state index contributed by atoms with van der Waals surface area (Å²) < 4.78 is 0. The van der Waals surface area contributed by atoms with E-state index in [0.29, 0.717) is 0 Å². The van der Waals surface area contributed by atoms with E-state index >= 15 is 0 Å². The Morgan fingerprint density at radius 2 is 1.22 bits per heavy atom. The second-order valence-electron chi connectivity index (χ2n) is 6.66. The van der Waals surface area contributed by atoms with Crippen LogP contribution in [0.4, 0.5) is 0 Å². The van der Waals surface area contributed by atoms with Gasteiger partial charge < -0.3 is 0 Å². The zero-order valence-corrected chi connectivity index (χ0v) is 12.6. The van der Waals surface area contributed by atoms with Gasteiger partial charge in [-0.15, -0.1) is 0 Å². The van der Waals surface area contributed by atoms with Crippen molar-refractivity contribution in [3.05, 3.63) is 11.1 Å². The average Bonchev–Trinajstić information content (AvgIpc) is 2.42. The first-order chi connectivity index (χ1) is 8.83. The van der Waals surface area contributed by atoms with E-state index in [9.17, 15) is 0 Å². The van der Waals surface area contributed by atoms with Gasteiger partial charge in [0.15, 0.2) is 0 Å². The Kier molecular flexibility index (Phi) is 5.79. The van der Waals surface area contributed by atoms with Crippen molar-refractivity contribution in [2.75, 3.05) is 0 Å². The first-order valence-electron chi connectivity index (χ1n) is 8.52. The number of hydrogen-bond donors (Lipinski definition) is 0. The molecule has 0 aliphatic heterocycles. The van der Waals surface area contributed by atoms with Crippen molar-refractivity contribution in [1.29, 1.82) is 0 Å². The summed E-state index contributed by atoms with van der Waals surface area (Å²) in [4.78, 5) is 0. The van der Waals surface area contributed by atoms with E-state index in [-0.39, 0.29) is 0 Å². The van der Waals surface area contributed by atoms with Crippen LogP contribution in [0.25, 0.3) is 0 Å². The molecule has 0 atom stereocenters. The van der Waals surface area contributed by atoms with E-state index in [2.05, 4.69) is 13.8 Å². The molecule has 0 saturated heterocycles. The molecule has 0 heteroatoms. The Hall–Kier alpha value is -0.260. The van der Waals surface area contributed by atoms with Crippen molar-refractivity contribution in [2.24, 2.45) is 11.8 Å². The van der Waals surface area contributed by atoms with Gasteiger partial charge in [0.2, 0.25) is 0 Å². The van der Waals surface area contributed by atoms with Crippen molar-refractivity contribution in [3.8, 4) is 0 Å². The smallest absolute Gasteiger partial charge is 0.0198 e. The van der Waals surface area contributed by atoms with E-state index in [0.717, 1.165) is 11.8 Å². The van der Waals surface area contributed by atoms with Crippen LogP contribution in [0.2, 0.25) is 0 Å². The van der Waals surface area contributed by atoms with Crippen LogP contribution in [-0.4, -0.2) is 0 Å². The maximum atomic E-state index is 2.45. The molecule has 0 radical (unpaired) electrons. The monoisotopic (exact) mass is 248 g/mol. The van der Waals surface area contributed by atoms with Gasteiger partial charge >= 0.3 is 0 Å². The van der Waals surface area contributed by atoms with E-state index in [1.807, 2.05) is 5.57 Å². The summed E-state index contributed by atoms with van der Waals surface area (Å²) in [5.74, 6) is 1.93. The predicted molar refractivity (Wildman–Crippen MR) is 80.8 cm³/mol. The van der Waals surface area contributed by atoms with Crippen LogP contribution in [0.3, 0.4) is 0 Å². The molecule has 0 heterocycles. The van der Waals surface area contributed by atoms with Gasteiger partial charge in [0.1, 0.15) is 0 Å². The molecule has 2 saturated carbocycles. The lowest BCUT2D eigenvalue weighted by molar-refractivity contribution is 0.322. The Balaban J connectivity index is 2.12. The number of rotatable bonds is 4. The zero-order valence-electron chi connectivity index (χ0n) is 12.6. The number of hydrogen-bond acceptors (Lipinski definition) is 0. The van der Waals surface area contributed by atoms with Crippen molar-refractivity contribution >= 4 is 0 Å². The SMILES string of the molecule is CCCC(C)=C(C1CCCCC1)C1CCCCC1. The molecule has 2 aliphatic rings. The van der Waals surface area contributed by atoms with Crippen molar-refractivity contribution in [3.63, 3.8) is 0 Å². The highest BCUT2D eigenvalue weighted by Gasteiger charge is 2.27. The minimum Gasteiger partial charge on any atom is -0.0736 e. The lowest BCUT2D eigenvalue weighted by Gasteiger charge is -2.34. The number of allylic oxidation sites excluding steroid dienone is 2. The van der Waals surface area contributed by atoms with Gasteiger partial charge in [0.05, 0.1) is 0 Å². The molecule has 0 aromatic heterocycles. The van der Waals surface area contributed by atoms with E-state index in [1.165, 1.54) is 77.0 Å². The summed E-state index contributed by atoms with van der Waals surface area (Å²) >= 11 is 0. The Morgan fingerprint density at radius 3 is 1.61 bits per heavy atom. The summed E-state index contributed by atoms with van der Waals surface area (Å²) in [6.07, 6.45) is 17.6. The van der Waals surface area contributed by atoms with Crippen LogP contribution in [-0.2, 0) is 0 Å². The van der Waals surface area contributed by atoms with Gasteiger partial charge in [-0.25, -0.2) is 0 Å². The van der Waals surface area contributed by atoms with Crippen LogP contribution in [0, 0.1) is 11.8 Å². The predicted octanol–water partition coefficient (Wildman–Crippen LogP) is 6.26. The van der Waals surface area contributed by atoms with E-state index in [1.54, 1.807) is 5.57 Å². The summed E-state index contributed by atoms with van der Waals surface area (Å²) in [7, 11) is 0. The summed E-state index contributed by atoms with van der Waals surface area (Å²) in [6, 6.07) is 0. The molecule has 0 spiro atoms. The van der Waals surface area contributed by atoms with Gasteiger partial charge in [-0.1, -0.05) is 63.0 Å². The quantitative estimate of drug-likeness (QED) is 0.515. The Bertz CT molecular complexity index is 242. The van der Waals surface area contributed by atoms with Crippen LogP contribution >= 0.6 is 0 Å². The second-order valence-corrected chi connectivity index (χ2v) is 6.66. The molecular formula is C18H32. The molecule has 0 amide bonds. The molecule has 18 heavy (non-hydrogen) atoms. The highest BCUT2D eigenvalue weighted by molar-refractivity contribution is 5.19. The molecule has 0 bridgehead atoms. The molecule has 104 valence electrons. The third-order valence-corrected chi connectivity index (χ3v) is 5.21. The topological polar surface area (TPSA) is 0 Å². The maximum absolute atomic E-state index is 2.45. The van der Waals surface area contributed by atoms with E-state index < -0.39 is 0 Å². The highest BCUT2D eigenvalue weighted by Crippen LogP contribution is 2.41. The fourth-order valence-corrected chi connectivity index (χ4v) is 4.38. The Labute approximate surface area is 114 Å². The Morgan fingerprint density at radius 1 is 0.778 bits per heavy atom.